The van der Waals surface area contributed by atoms with Crippen LogP contribution < -0.4 is 14.8 Å². The Morgan fingerprint density at radius 3 is 2.63 bits per heavy atom. The van der Waals surface area contributed by atoms with Crippen LogP contribution in [0, 0.1) is 6.92 Å². The van der Waals surface area contributed by atoms with Gasteiger partial charge in [0.1, 0.15) is 5.82 Å². The quantitative estimate of drug-likeness (QED) is 0.641. The van der Waals surface area contributed by atoms with Gasteiger partial charge < -0.3 is 14.8 Å². The van der Waals surface area contributed by atoms with Gasteiger partial charge in [0.2, 0.25) is 5.91 Å². The highest BCUT2D eigenvalue weighted by Crippen LogP contribution is 2.47. The van der Waals surface area contributed by atoms with Crippen LogP contribution in [-0.4, -0.2) is 34.7 Å². The predicted octanol–water partition coefficient (Wildman–Crippen LogP) is 4.75. The maximum atomic E-state index is 12.8. The lowest BCUT2D eigenvalue weighted by atomic mass is 10.0. The van der Waals surface area contributed by atoms with Crippen LogP contribution in [-0.2, 0) is 4.79 Å². The van der Waals surface area contributed by atoms with Crippen molar-refractivity contribution >= 4 is 23.5 Å². The van der Waals surface area contributed by atoms with Crippen LogP contribution in [0.15, 0.2) is 48.5 Å². The molecule has 2 aromatic carbocycles. The van der Waals surface area contributed by atoms with Crippen LogP contribution in [0.4, 0.5) is 5.82 Å². The zero-order valence-corrected chi connectivity index (χ0v) is 18.3. The molecule has 156 valence electrons. The standard InChI is InChI=1S/C23H25N3O3S/c1-5-29-19-13-16(11-12-18(19)28-4)21-20-14(2)25-26(17-9-7-6-8-10-17)22(20)24-23(27)15(3)30-21/h6-13,15,21H,5H2,1-4H3,(H,24,27). The molecule has 0 aliphatic carbocycles. The number of rotatable bonds is 5. The fourth-order valence-electron chi connectivity index (χ4n) is 3.65. The molecule has 3 aromatic rings. The Hall–Kier alpha value is -2.93. The van der Waals surface area contributed by atoms with Gasteiger partial charge in [-0.15, -0.1) is 11.8 Å². The summed E-state index contributed by atoms with van der Waals surface area (Å²) in [7, 11) is 1.63. The predicted molar refractivity (Wildman–Crippen MR) is 120 cm³/mol. The highest BCUT2D eigenvalue weighted by atomic mass is 32.2. The van der Waals surface area contributed by atoms with Crippen molar-refractivity contribution in [2.75, 3.05) is 19.0 Å². The number of carbonyl (C=O) groups is 1. The first-order valence-corrected chi connectivity index (χ1v) is 10.9. The molecule has 1 aromatic heterocycles. The number of methoxy groups -OCH3 is 1. The van der Waals surface area contributed by atoms with Crippen LogP contribution in [0.5, 0.6) is 11.5 Å². The Morgan fingerprint density at radius 1 is 1.17 bits per heavy atom. The van der Waals surface area contributed by atoms with E-state index in [-0.39, 0.29) is 16.4 Å². The number of nitrogens with one attached hydrogen (secondary N) is 1. The molecule has 2 heterocycles. The van der Waals surface area contributed by atoms with Gasteiger partial charge in [-0.1, -0.05) is 24.3 Å². The monoisotopic (exact) mass is 423 g/mol. The van der Waals surface area contributed by atoms with Crippen molar-refractivity contribution in [3.63, 3.8) is 0 Å². The molecule has 30 heavy (non-hydrogen) atoms. The van der Waals surface area contributed by atoms with Crippen molar-refractivity contribution in [1.29, 1.82) is 0 Å². The molecule has 7 heteroatoms. The number of anilines is 1. The number of para-hydroxylation sites is 1. The minimum atomic E-state index is -0.219. The summed E-state index contributed by atoms with van der Waals surface area (Å²) in [6, 6.07) is 15.8. The van der Waals surface area contributed by atoms with Crippen LogP contribution in [0.3, 0.4) is 0 Å². The molecule has 1 N–H and O–H groups in total. The number of nitrogens with zero attached hydrogens (tertiary/aromatic N) is 2. The first kappa shape index (κ1) is 20.3. The maximum absolute atomic E-state index is 12.8. The lowest BCUT2D eigenvalue weighted by Gasteiger charge is -2.19. The maximum Gasteiger partial charge on any atom is 0.238 e. The SMILES string of the molecule is CCOc1cc(C2SC(C)C(=O)Nc3c2c(C)nn3-c2ccccc2)ccc1OC. The molecule has 1 aliphatic rings. The van der Waals surface area contributed by atoms with Crippen LogP contribution >= 0.6 is 11.8 Å². The third-order valence-electron chi connectivity index (χ3n) is 5.11. The zero-order chi connectivity index (χ0) is 21.3. The van der Waals surface area contributed by atoms with E-state index in [1.165, 1.54) is 0 Å². The Morgan fingerprint density at radius 2 is 1.93 bits per heavy atom. The average Bonchev–Trinajstić information content (AvgIpc) is 3.01. The normalized spacial score (nSPS) is 18.3. The number of hydrogen-bond donors (Lipinski definition) is 1. The molecule has 0 radical (unpaired) electrons. The number of benzene rings is 2. The summed E-state index contributed by atoms with van der Waals surface area (Å²) in [6.07, 6.45) is 0. The number of aryl methyl sites for hydroxylation is 1. The molecule has 2 atom stereocenters. The molecule has 1 aliphatic heterocycles. The van der Waals surface area contributed by atoms with E-state index in [1.807, 2.05) is 74.0 Å². The Labute approximate surface area is 180 Å². The van der Waals surface area contributed by atoms with Crippen molar-refractivity contribution in [3.05, 3.63) is 65.4 Å². The zero-order valence-electron chi connectivity index (χ0n) is 17.5. The van der Waals surface area contributed by atoms with Gasteiger partial charge in [0.05, 0.1) is 35.6 Å². The number of carbonyl (C=O) groups excluding carboxylic acids is 1. The van der Waals surface area contributed by atoms with Gasteiger partial charge in [-0.05, 0) is 50.6 Å². The smallest absolute Gasteiger partial charge is 0.238 e. The largest absolute Gasteiger partial charge is 0.493 e. The summed E-state index contributed by atoms with van der Waals surface area (Å²) in [5.74, 6) is 2.08. The Balaban J connectivity index is 1.88. The molecule has 0 fully saturated rings. The number of aromatic nitrogens is 2. The molecule has 4 rings (SSSR count). The third kappa shape index (κ3) is 3.65. The van der Waals surface area contributed by atoms with E-state index in [2.05, 4.69) is 5.32 Å². The van der Waals surface area contributed by atoms with E-state index >= 15 is 0 Å². The van der Waals surface area contributed by atoms with E-state index in [4.69, 9.17) is 14.6 Å². The van der Waals surface area contributed by atoms with Gasteiger partial charge in [-0.2, -0.15) is 5.10 Å². The molecular formula is C23H25N3O3S. The van der Waals surface area contributed by atoms with Crippen molar-refractivity contribution in [1.82, 2.24) is 9.78 Å². The Kier molecular flexibility index (Phi) is 5.72. The molecule has 0 saturated carbocycles. The molecule has 6 nitrogen and oxygen atoms in total. The first-order valence-electron chi connectivity index (χ1n) is 9.95. The summed E-state index contributed by atoms with van der Waals surface area (Å²) < 4.78 is 13.1. The van der Waals surface area contributed by atoms with Crippen molar-refractivity contribution in [3.8, 4) is 17.2 Å². The van der Waals surface area contributed by atoms with Gasteiger partial charge in [-0.25, -0.2) is 4.68 Å². The van der Waals surface area contributed by atoms with Crippen molar-refractivity contribution < 1.29 is 14.3 Å². The van der Waals surface area contributed by atoms with Crippen LogP contribution in [0.25, 0.3) is 5.69 Å². The lowest BCUT2D eigenvalue weighted by molar-refractivity contribution is -0.115. The van der Waals surface area contributed by atoms with Crippen molar-refractivity contribution in [2.24, 2.45) is 0 Å². The average molecular weight is 424 g/mol. The lowest BCUT2D eigenvalue weighted by Crippen LogP contribution is -2.22. The number of amides is 1. The number of thioether (sulfide) groups is 1. The van der Waals surface area contributed by atoms with Crippen molar-refractivity contribution in [2.45, 2.75) is 31.3 Å². The Bertz CT molecular complexity index is 1070. The minimum absolute atomic E-state index is 0.0284. The van der Waals surface area contributed by atoms with Gasteiger partial charge >= 0.3 is 0 Å². The molecule has 0 saturated heterocycles. The van der Waals surface area contributed by atoms with Gasteiger partial charge in [0.25, 0.3) is 0 Å². The number of hydrogen-bond acceptors (Lipinski definition) is 5. The fourth-order valence-corrected chi connectivity index (χ4v) is 4.96. The molecule has 1 amide bonds. The van der Waals surface area contributed by atoms with Gasteiger partial charge in [-0.3, -0.25) is 4.79 Å². The molecular weight excluding hydrogens is 398 g/mol. The second-order valence-corrected chi connectivity index (χ2v) is 8.54. The van der Waals surface area contributed by atoms with E-state index in [0.29, 0.717) is 18.1 Å². The summed E-state index contributed by atoms with van der Waals surface area (Å²) in [6.45, 7) is 6.41. The van der Waals surface area contributed by atoms with Crippen LogP contribution in [0.1, 0.15) is 35.9 Å². The first-order chi connectivity index (χ1) is 14.5. The number of fused-ring (bicyclic) bond motifs is 1. The summed E-state index contributed by atoms with van der Waals surface area (Å²) in [5, 5.41) is 7.58. The van der Waals surface area contributed by atoms with E-state index in [1.54, 1.807) is 18.9 Å². The number of ether oxygens (including phenoxy) is 2. The highest BCUT2D eigenvalue weighted by molar-refractivity contribution is 8.01. The van der Waals surface area contributed by atoms with E-state index in [0.717, 1.165) is 28.3 Å². The minimum Gasteiger partial charge on any atom is -0.493 e. The topological polar surface area (TPSA) is 65.4 Å². The van der Waals surface area contributed by atoms with Crippen LogP contribution in [0.2, 0.25) is 0 Å². The van der Waals surface area contributed by atoms with Gasteiger partial charge in [0, 0.05) is 5.56 Å². The van der Waals surface area contributed by atoms with Gasteiger partial charge in [0.15, 0.2) is 11.5 Å². The fraction of sp³-hybridized carbons (Fsp3) is 0.304. The molecule has 2 unspecified atom stereocenters. The summed E-state index contributed by atoms with van der Waals surface area (Å²) >= 11 is 1.61. The summed E-state index contributed by atoms with van der Waals surface area (Å²) in [5.41, 5.74) is 3.85. The molecule has 0 bridgehead atoms. The van der Waals surface area contributed by atoms with E-state index in [9.17, 15) is 4.79 Å². The molecule has 0 spiro atoms. The second-order valence-electron chi connectivity index (χ2n) is 7.09. The highest BCUT2D eigenvalue weighted by Gasteiger charge is 2.34. The third-order valence-corrected chi connectivity index (χ3v) is 6.51. The second kappa shape index (κ2) is 8.44. The van der Waals surface area contributed by atoms with E-state index < -0.39 is 0 Å². The summed E-state index contributed by atoms with van der Waals surface area (Å²) in [4.78, 5) is 12.8.